The predicted molar refractivity (Wildman–Crippen MR) is 201 cm³/mol. The highest BCUT2D eigenvalue weighted by Crippen LogP contribution is 2.38. The second kappa shape index (κ2) is 19.3. The predicted octanol–water partition coefficient (Wildman–Crippen LogP) is 14.3. The largest absolute Gasteiger partial charge is 0.203 e. The van der Waals surface area contributed by atoms with E-state index in [2.05, 4.69) is 20.8 Å². The van der Waals surface area contributed by atoms with Crippen LogP contribution in [0, 0.1) is 77.5 Å². The second-order valence-corrected chi connectivity index (χ2v) is 18.0. The Balaban J connectivity index is 0.000000194. The van der Waals surface area contributed by atoms with E-state index in [-0.39, 0.29) is 0 Å². The van der Waals surface area contributed by atoms with Crippen LogP contribution in [0.3, 0.4) is 0 Å². The third kappa shape index (κ3) is 11.6. The lowest BCUT2D eigenvalue weighted by Gasteiger charge is -2.31. The van der Waals surface area contributed by atoms with Gasteiger partial charge in [0.2, 0.25) is 0 Å². The van der Waals surface area contributed by atoms with Gasteiger partial charge in [0.1, 0.15) is 0 Å². The Morgan fingerprint density at radius 3 is 1.20 bits per heavy atom. The van der Waals surface area contributed by atoms with Crippen LogP contribution in [-0.2, 0) is 19.3 Å². The van der Waals surface area contributed by atoms with Crippen molar-refractivity contribution in [3.8, 4) is 0 Å². The number of benzene rings is 2. The van der Waals surface area contributed by atoms with Crippen molar-refractivity contribution in [3.05, 3.63) is 69.8 Å². The SMILES string of the molecule is CC1CCC(CCc2ccc(CC3CCC(C)CC3)c(F)c2F)CC1.Cc1ccc(CC2CCC(CCC3CCC(C)CC3)CC2)c(F)c1F. The molecule has 0 spiro atoms. The number of hydrogen-bond acceptors (Lipinski definition) is 0. The average molecular weight is 697 g/mol. The highest BCUT2D eigenvalue weighted by molar-refractivity contribution is 5.27. The van der Waals surface area contributed by atoms with Crippen LogP contribution in [0.5, 0.6) is 0 Å². The van der Waals surface area contributed by atoms with Crippen LogP contribution < -0.4 is 0 Å². The molecule has 4 fully saturated rings. The molecule has 0 heterocycles. The average Bonchev–Trinajstić information content (AvgIpc) is 3.12. The lowest BCUT2D eigenvalue weighted by atomic mass is 9.75. The summed E-state index contributed by atoms with van der Waals surface area (Å²) in [7, 11) is 0. The molecule has 6 rings (SSSR count). The zero-order valence-corrected chi connectivity index (χ0v) is 32.0. The summed E-state index contributed by atoms with van der Waals surface area (Å²) in [5, 5.41) is 0. The Morgan fingerprint density at radius 2 is 0.720 bits per heavy atom. The number of rotatable bonds is 10. The van der Waals surface area contributed by atoms with E-state index in [1.54, 1.807) is 19.1 Å². The normalized spacial score (nSPS) is 30.4. The molecule has 280 valence electrons. The molecule has 0 radical (unpaired) electrons. The molecule has 4 saturated carbocycles. The minimum atomic E-state index is -0.659. The van der Waals surface area contributed by atoms with Crippen LogP contribution in [0.4, 0.5) is 17.6 Å². The van der Waals surface area contributed by atoms with Gasteiger partial charge >= 0.3 is 0 Å². The molecule has 0 nitrogen and oxygen atoms in total. The van der Waals surface area contributed by atoms with Crippen molar-refractivity contribution in [3.63, 3.8) is 0 Å². The first-order valence-corrected chi connectivity index (χ1v) is 20.9. The first kappa shape index (κ1) is 39.4. The molecular weight excluding hydrogens is 628 g/mol. The molecule has 0 unspecified atom stereocenters. The third-order valence-electron chi connectivity index (χ3n) is 13.8. The Kier molecular flexibility index (Phi) is 15.2. The van der Waals surface area contributed by atoms with Gasteiger partial charge in [0.15, 0.2) is 23.3 Å². The summed E-state index contributed by atoms with van der Waals surface area (Å²) in [6, 6.07) is 7.20. The molecule has 0 aromatic heterocycles. The van der Waals surface area contributed by atoms with Crippen LogP contribution in [-0.4, -0.2) is 0 Å². The molecule has 4 heteroatoms. The van der Waals surface area contributed by atoms with Gasteiger partial charge in [-0.25, -0.2) is 17.6 Å². The second-order valence-electron chi connectivity index (χ2n) is 18.0. The zero-order chi connectivity index (χ0) is 35.6. The van der Waals surface area contributed by atoms with Gasteiger partial charge in [-0.3, -0.25) is 0 Å². The van der Waals surface area contributed by atoms with E-state index in [1.165, 1.54) is 103 Å². The fourth-order valence-electron chi connectivity index (χ4n) is 9.77. The van der Waals surface area contributed by atoms with Crippen LogP contribution >= 0.6 is 0 Å². The summed E-state index contributed by atoms with van der Waals surface area (Å²) in [5.41, 5.74) is 2.15. The quantitative estimate of drug-likeness (QED) is 0.217. The Hall–Kier alpha value is -1.84. The van der Waals surface area contributed by atoms with Gasteiger partial charge in [-0.2, -0.15) is 0 Å². The topological polar surface area (TPSA) is 0 Å². The fraction of sp³-hybridized carbons (Fsp3) is 0.739. The van der Waals surface area contributed by atoms with E-state index in [9.17, 15) is 17.6 Å². The van der Waals surface area contributed by atoms with Crippen molar-refractivity contribution >= 4 is 0 Å². The van der Waals surface area contributed by atoms with Crippen LogP contribution in [0.1, 0.15) is 165 Å². The van der Waals surface area contributed by atoms with Gasteiger partial charge in [0.05, 0.1) is 0 Å². The van der Waals surface area contributed by atoms with Crippen molar-refractivity contribution in [2.45, 2.75) is 169 Å². The molecule has 2 aromatic rings. The van der Waals surface area contributed by atoms with E-state index >= 15 is 0 Å². The maximum atomic E-state index is 14.5. The van der Waals surface area contributed by atoms with Crippen LogP contribution in [0.25, 0.3) is 0 Å². The summed E-state index contributed by atoms with van der Waals surface area (Å²) < 4.78 is 56.9. The van der Waals surface area contributed by atoms with E-state index in [4.69, 9.17) is 0 Å². The highest BCUT2D eigenvalue weighted by Gasteiger charge is 2.26. The van der Waals surface area contributed by atoms with Crippen molar-refractivity contribution in [2.24, 2.45) is 47.3 Å². The third-order valence-corrected chi connectivity index (χ3v) is 13.8. The Morgan fingerprint density at radius 1 is 0.400 bits per heavy atom. The lowest BCUT2D eigenvalue weighted by molar-refractivity contribution is 0.220. The molecule has 0 N–H and O–H groups in total. The van der Waals surface area contributed by atoms with Crippen molar-refractivity contribution in [2.75, 3.05) is 0 Å². The van der Waals surface area contributed by atoms with E-state index in [0.717, 1.165) is 48.9 Å². The zero-order valence-electron chi connectivity index (χ0n) is 32.0. The van der Waals surface area contributed by atoms with E-state index in [0.29, 0.717) is 59.3 Å². The smallest absolute Gasteiger partial charge is 0.162 e. The molecule has 0 saturated heterocycles. The summed E-state index contributed by atoms with van der Waals surface area (Å²) in [4.78, 5) is 0. The van der Waals surface area contributed by atoms with Gasteiger partial charge in [-0.15, -0.1) is 0 Å². The molecule has 50 heavy (non-hydrogen) atoms. The molecule has 2 aromatic carbocycles. The lowest BCUT2D eigenvalue weighted by Crippen LogP contribution is -2.19. The van der Waals surface area contributed by atoms with Gasteiger partial charge < -0.3 is 0 Å². The van der Waals surface area contributed by atoms with Crippen LogP contribution in [0.15, 0.2) is 24.3 Å². The van der Waals surface area contributed by atoms with Crippen molar-refractivity contribution in [1.29, 1.82) is 0 Å². The molecule has 0 bridgehead atoms. The van der Waals surface area contributed by atoms with E-state index < -0.39 is 23.3 Å². The molecular formula is C46H68F4. The maximum absolute atomic E-state index is 14.5. The first-order chi connectivity index (χ1) is 24.0. The minimum absolute atomic E-state index is 0.405. The number of hydrogen-bond donors (Lipinski definition) is 0. The standard InChI is InChI=1S/2C23H34F2/c1-16-3-7-18(8-4-16)11-12-20-13-14-21(23(25)22(20)24)15-19-9-5-17(2)6-10-19;1-16-3-6-18(7-4-16)8-9-19-10-12-20(13-11-19)15-21-14-5-17(2)22(24)23(21)25/h13-14,16-19H,3-12,15H2,1-2H3;5,14,16,18-20H,3-4,6-13,15H2,1-2H3. The van der Waals surface area contributed by atoms with Crippen molar-refractivity contribution < 1.29 is 17.6 Å². The Bertz CT molecular complexity index is 1300. The molecule has 4 aliphatic carbocycles. The summed E-state index contributed by atoms with van der Waals surface area (Å²) in [6.07, 6.45) is 26.4. The Labute approximate surface area is 303 Å². The van der Waals surface area contributed by atoms with Crippen LogP contribution in [0.2, 0.25) is 0 Å². The molecule has 0 atom stereocenters. The highest BCUT2D eigenvalue weighted by atomic mass is 19.2. The minimum Gasteiger partial charge on any atom is -0.203 e. The molecule has 0 amide bonds. The fourth-order valence-corrected chi connectivity index (χ4v) is 9.77. The number of halogens is 4. The van der Waals surface area contributed by atoms with Gasteiger partial charge in [-0.05, 0) is 128 Å². The summed E-state index contributed by atoms with van der Waals surface area (Å²) in [5.74, 6) is 3.75. The molecule has 0 aliphatic heterocycles. The van der Waals surface area contributed by atoms with Gasteiger partial charge in [-0.1, -0.05) is 135 Å². The summed E-state index contributed by atoms with van der Waals surface area (Å²) in [6.45, 7) is 8.62. The maximum Gasteiger partial charge on any atom is 0.162 e. The first-order valence-electron chi connectivity index (χ1n) is 20.9. The molecule has 4 aliphatic rings. The van der Waals surface area contributed by atoms with Crippen molar-refractivity contribution in [1.82, 2.24) is 0 Å². The number of aryl methyl sites for hydroxylation is 2. The summed E-state index contributed by atoms with van der Waals surface area (Å²) >= 11 is 0. The van der Waals surface area contributed by atoms with Gasteiger partial charge in [0.25, 0.3) is 0 Å². The van der Waals surface area contributed by atoms with E-state index in [1.807, 2.05) is 12.1 Å². The van der Waals surface area contributed by atoms with Gasteiger partial charge in [0, 0.05) is 0 Å². The monoisotopic (exact) mass is 697 g/mol.